The standard InChI is InChI=1S/C21H29N5O4/c1-15(22-20(27)6-10-28-2)21-24-23-19-5-7-25(8-9-26(19)21)14-16-3-4-17-18(13-16)30-12-11-29-17/h3-4,13,15H,5-12,14H2,1-2H3,(H,22,27)/t15-/m0/s1. The number of ether oxygens (including phenoxy) is 3. The van der Waals surface area contributed by atoms with E-state index in [2.05, 4.69) is 37.1 Å². The Balaban J connectivity index is 1.37. The quantitative estimate of drug-likeness (QED) is 0.729. The highest BCUT2D eigenvalue weighted by molar-refractivity contribution is 5.76. The number of carbonyl (C=O) groups is 1. The fourth-order valence-corrected chi connectivity index (χ4v) is 3.88. The molecule has 1 aromatic heterocycles. The van der Waals surface area contributed by atoms with Gasteiger partial charge < -0.3 is 24.1 Å². The number of hydrogen-bond donors (Lipinski definition) is 1. The summed E-state index contributed by atoms with van der Waals surface area (Å²) < 4.78 is 18.4. The zero-order valence-electron chi connectivity index (χ0n) is 17.6. The molecule has 162 valence electrons. The number of hydrogen-bond acceptors (Lipinski definition) is 7. The normalized spacial score (nSPS) is 17.1. The molecule has 2 aliphatic rings. The third kappa shape index (κ3) is 4.73. The molecule has 1 aromatic carbocycles. The summed E-state index contributed by atoms with van der Waals surface area (Å²) in [5, 5.41) is 11.7. The second-order valence-electron chi connectivity index (χ2n) is 7.66. The molecule has 9 nitrogen and oxygen atoms in total. The van der Waals surface area contributed by atoms with E-state index < -0.39 is 0 Å². The van der Waals surface area contributed by atoms with Gasteiger partial charge in [-0.05, 0) is 24.6 Å². The molecule has 1 atom stereocenters. The van der Waals surface area contributed by atoms with Crippen molar-refractivity contribution < 1.29 is 19.0 Å². The van der Waals surface area contributed by atoms with Crippen LogP contribution >= 0.6 is 0 Å². The molecule has 0 bridgehead atoms. The third-order valence-corrected chi connectivity index (χ3v) is 5.46. The minimum absolute atomic E-state index is 0.0458. The van der Waals surface area contributed by atoms with Gasteiger partial charge in [-0.1, -0.05) is 6.07 Å². The van der Waals surface area contributed by atoms with Gasteiger partial charge in [0.1, 0.15) is 19.0 Å². The van der Waals surface area contributed by atoms with Gasteiger partial charge in [0.15, 0.2) is 17.3 Å². The van der Waals surface area contributed by atoms with Crippen LogP contribution in [0.15, 0.2) is 18.2 Å². The highest BCUT2D eigenvalue weighted by atomic mass is 16.6. The van der Waals surface area contributed by atoms with Crippen LogP contribution in [0.4, 0.5) is 0 Å². The summed E-state index contributed by atoms with van der Waals surface area (Å²) in [5.74, 6) is 3.37. The number of carbonyl (C=O) groups excluding carboxylic acids is 1. The Morgan fingerprint density at radius 2 is 2.03 bits per heavy atom. The fraction of sp³-hybridized carbons (Fsp3) is 0.571. The van der Waals surface area contributed by atoms with Crippen LogP contribution in [0, 0.1) is 0 Å². The molecule has 0 saturated heterocycles. The first-order valence-corrected chi connectivity index (χ1v) is 10.4. The Hall–Kier alpha value is -2.65. The van der Waals surface area contributed by atoms with Crippen LogP contribution < -0.4 is 14.8 Å². The van der Waals surface area contributed by atoms with Crippen molar-refractivity contribution in [2.75, 3.05) is 40.0 Å². The molecule has 9 heteroatoms. The molecular weight excluding hydrogens is 386 g/mol. The van der Waals surface area contributed by atoms with Crippen molar-refractivity contribution in [1.29, 1.82) is 0 Å². The van der Waals surface area contributed by atoms with Gasteiger partial charge >= 0.3 is 0 Å². The van der Waals surface area contributed by atoms with Gasteiger partial charge in [-0.3, -0.25) is 9.69 Å². The van der Waals surface area contributed by atoms with E-state index in [1.54, 1.807) is 7.11 Å². The SMILES string of the molecule is COCCC(=O)N[C@@H](C)c1nnc2n1CCN(Cc1ccc3c(c1)OCCO3)CC2. The highest BCUT2D eigenvalue weighted by Crippen LogP contribution is 2.31. The predicted molar refractivity (Wildman–Crippen MR) is 109 cm³/mol. The number of amides is 1. The summed E-state index contributed by atoms with van der Waals surface area (Å²) in [6.07, 6.45) is 1.16. The summed E-state index contributed by atoms with van der Waals surface area (Å²) in [6.45, 7) is 6.97. The van der Waals surface area contributed by atoms with E-state index in [9.17, 15) is 4.79 Å². The maximum absolute atomic E-state index is 12.0. The first-order valence-electron chi connectivity index (χ1n) is 10.4. The number of nitrogens with zero attached hydrogens (tertiary/aromatic N) is 4. The largest absolute Gasteiger partial charge is 0.486 e. The van der Waals surface area contributed by atoms with E-state index in [1.165, 1.54) is 5.56 Å². The van der Waals surface area contributed by atoms with Crippen LogP contribution in [0.25, 0.3) is 0 Å². The monoisotopic (exact) mass is 415 g/mol. The summed E-state index contributed by atoms with van der Waals surface area (Å²) in [6, 6.07) is 5.96. The van der Waals surface area contributed by atoms with Gasteiger partial charge in [0.25, 0.3) is 0 Å². The van der Waals surface area contributed by atoms with Crippen LogP contribution in [-0.4, -0.2) is 65.6 Å². The van der Waals surface area contributed by atoms with E-state index in [0.29, 0.717) is 26.2 Å². The van der Waals surface area contributed by atoms with E-state index in [0.717, 1.165) is 55.7 Å². The maximum atomic E-state index is 12.0. The van der Waals surface area contributed by atoms with Crippen molar-refractivity contribution in [3.05, 3.63) is 35.4 Å². The summed E-state index contributed by atoms with van der Waals surface area (Å²) in [5.41, 5.74) is 1.20. The molecular formula is C21H29N5O4. The summed E-state index contributed by atoms with van der Waals surface area (Å²) in [4.78, 5) is 14.4. The van der Waals surface area contributed by atoms with Crippen molar-refractivity contribution in [3.8, 4) is 11.5 Å². The lowest BCUT2D eigenvalue weighted by Crippen LogP contribution is -2.30. The molecule has 3 heterocycles. The zero-order valence-corrected chi connectivity index (χ0v) is 17.6. The number of benzene rings is 1. The second kappa shape index (κ2) is 9.44. The first-order chi connectivity index (χ1) is 14.6. The lowest BCUT2D eigenvalue weighted by atomic mass is 10.1. The molecule has 0 saturated carbocycles. The average molecular weight is 415 g/mol. The minimum atomic E-state index is -0.194. The molecule has 0 radical (unpaired) electrons. The number of rotatable bonds is 7. The van der Waals surface area contributed by atoms with E-state index >= 15 is 0 Å². The molecule has 0 unspecified atom stereocenters. The molecule has 0 spiro atoms. The summed E-state index contributed by atoms with van der Waals surface area (Å²) >= 11 is 0. The highest BCUT2D eigenvalue weighted by Gasteiger charge is 2.23. The van der Waals surface area contributed by atoms with Crippen molar-refractivity contribution in [3.63, 3.8) is 0 Å². The van der Waals surface area contributed by atoms with Gasteiger partial charge in [-0.15, -0.1) is 10.2 Å². The van der Waals surface area contributed by atoms with Crippen LogP contribution in [0.1, 0.15) is 36.6 Å². The van der Waals surface area contributed by atoms with E-state index in [4.69, 9.17) is 14.2 Å². The van der Waals surface area contributed by atoms with Gasteiger partial charge in [0.2, 0.25) is 5.91 Å². The van der Waals surface area contributed by atoms with E-state index in [-0.39, 0.29) is 11.9 Å². The Labute approximate surface area is 176 Å². The Morgan fingerprint density at radius 1 is 1.20 bits per heavy atom. The number of methoxy groups -OCH3 is 1. The Kier molecular flexibility index (Phi) is 6.49. The van der Waals surface area contributed by atoms with Gasteiger partial charge in [0, 0.05) is 46.1 Å². The smallest absolute Gasteiger partial charge is 0.222 e. The molecule has 30 heavy (non-hydrogen) atoms. The Bertz CT molecular complexity index is 884. The summed E-state index contributed by atoms with van der Waals surface area (Å²) in [7, 11) is 1.59. The second-order valence-corrected chi connectivity index (χ2v) is 7.66. The third-order valence-electron chi connectivity index (χ3n) is 5.46. The van der Waals surface area contributed by atoms with Crippen molar-refractivity contribution >= 4 is 5.91 Å². The minimum Gasteiger partial charge on any atom is -0.486 e. The van der Waals surface area contributed by atoms with E-state index in [1.807, 2.05) is 13.0 Å². The number of fused-ring (bicyclic) bond motifs is 2. The van der Waals surface area contributed by atoms with Crippen LogP contribution in [0.2, 0.25) is 0 Å². The van der Waals surface area contributed by atoms with Gasteiger partial charge in [-0.2, -0.15) is 0 Å². The first kappa shape index (κ1) is 20.6. The molecule has 2 aliphatic heterocycles. The van der Waals surface area contributed by atoms with Crippen LogP contribution in [-0.2, 0) is 29.0 Å². The number of aromatic nitrogens is 3. The molecule has 0 fully saturated rings. The molecule has 4 rings (SSSR count). The fourth-order valence-electron chi connectivity index (χ4n) is 3.88. The zero-order chi connectivity index (χ0) is 20.9. The van der Waals surface area contributed by atoms with Crippen molar-refractivity contribution in [2.45, 2.75) is 38.9 Å². The molecule has 1 N–H and O–H groups in total. The Morgan fingerprint density at radius 3 is 2.87 bits per heavy atom. The average Bonchev–Trinajstić information content (AvgIpc) is 3.07. The van der Waals surface area contributed by atoms with Crippen LogP contribution in [0.3, 0.4) is 0 Å². The topological polar surface area (TPSA) is 90.7 Å². The predicted octanol–water partition coefficient (Wildman–Crippen LogP) is 1.32. The molecule has 1 amide bonds. The lowest BCUT2D eigenvalue weighted by Gasteiger charge is -2.22. The lowest BCUT2D eigenvalue weighted by molar-refractivity contribution is -0.122. The molecule has 0 aliphatic carbocycles. The van der Waals surface area contributed by atoms with Crippen molar-refractivity contribution in [1.82, 2.24) is 25.0 Å². The van der Waals surface area contributed by atoms with Gasteiger partial charge in [-0.25, -0.2) is 0 Å². The molecule has 2 aromatic rings. The maximum Gasteiger partial charge on any atom is 0.222 e. The van der Waals surface area contributed by atoms with Gasteiger partial charge in [0.05, 0.1) is 12.6 Å². The number of nitrogens with one attached hydrogen (secondary N) is 1. The van der Waals surface area contributed by atoms with Crippen molar-refractivity contribution in [2.24, 2.45) is 0 Å². The van der Waals surface area contributed by atoms with Crippen LogP contribution in [0.5, 0.6) is 11.5 Å².